The van der Waals surface area contributed by atoms with Crippen molar-refractivity contribution in [3.8, 4) is 0 Å². The minimum atomic E-state index is 0.175. The summed E-state index contributed by atoms with van der Waals surface area (Å²) >= 11 is 6.11. The Hall–Kier alpha value is -0.730. The number of rotatable bonds is 3. The van der Waals surface area contributed by atoms with Crippen LogP contribution < -0.4 is 10.6 Å². The first kappa shape index (κ1) is 13.7. The molecule has 1 saturated heterocycles. The Balaban J connectivity index is 2.23. The molecule has 1 aromatic rings. The van der Waals surface area contributed by atoms with E-state index in [1.807, 2.05) is 13.0 Å². The molecule has 1 fully saturated rings. The number of nitrogens with zero attached hydrogens (tertiary/aromatic N) is 1. The van der Waals surface area contributed by atoms with Gasteiger partial charge in [-0.05, 0) is 49.9 Å². The molecule has 0 bridgehead atoms. The van der Waals surface area contributed by atoms with Crippen LogP contribution in [0, 0.1) is 0 Å². The first-order valence-electron chi connectivity index (χ1n) is 6.96. The zero-order chi connectivity index (χ0) is 13.0. The third-order valence-corrected chi connectivity index (χ3v) is 3.77. The van der Waals surface area contributed by atoms with Crippen molar-refractivity contribution in [1.29, 1.82) is 0 Å². The maximum Gasteiger partial charge on any atom is 0.0410 e. The van der Waals surface area contributed by atoms with Crippen molar-refractivity contribution in [2.75, 3.05) is 18.0 Å². The Labute approximate surface area is 115 Å². The highest BCUT2D eigenvalue weighted by Crippen LogP contribution is 2.27. The fourth-order valence-corrected chi connectivity index (χ4v) is 2.88. The fraction of sp³-hybridized carbons (Fsp3) is 0.600. The Morgan fingerprint density at radius 3 is 2.50 bits per heavy atom. The van der Waals surface area contributed by atoms with Gasteiger partial charge in [0.1, 0.15) is 0 Å². The van der Waals surface area contributed by atoms with E-state index in [1.54, 1.807) is 0 Å². The van der Waals surface area contributed by atoms with Crippen LogP contribution in [-0.2, 0) is 6.42 Å². The molecule has 0 saturated carbocycles. The zero-order valence-corrected chi connectivity index (χ0v) is 11.9. The maximum atomic E-state index is 6.11. The summed E-state index contributed by atoms with van der Waals surface area (Å²) < 4.78 is 0. The third-order valence-electron chi connectivity index (χ3n) is 3.53. The molecule has 1 unspecified atom stereocenters. The number of hydrogen-bond acceptors (Lipinski definition) is 2. The van der Waals surface area contributed by atoms with Crippen LogP contribution in [0.25, 0.3) is 0 Å². The van der Waals surface area contributed by atoms with E-state index in [1.165, 1.54) is 36.9 Å². The molecule has 1 aliphatic rings. The molecule has 1 atom stereocenters. The second-order valence-electron chi connectivity index (χ2n) is 5.36. The summed E-state index contributed by atoms with van der Waals surface area (Å²) in [7, 11) is 0. The number of halogens is 1. The predicted molar refractivity (Wildman–Crippen MR) is 79.5 cm³/mol. The first-order valence-corrected chi connectivity index (χ1v) is 7.33. The summed E-state index contributed by atoms with van der Waals surface area (Å²) in [5.74, 6) is 0. The Kier molecular flexibility index (Phi) is 4.90. The Morgan fingerprint density at radius 1 is 1.22 bits per heavy atom. The highest BCUT2D eigenvalue weighted by Gasteiger charge is 2.14. The van der Waals surface area contributed by atoms with Crippen LogP contribution in [0.5, 0.6) is 0 Å². The number of nitrogens with two attached hydrogens (primary N) is 1. The number of hydrogen-bond donors (Lipinski definition) is 1. The van der Waals surface area contributed by atoms with Crippen molar-refractivity contribution in [3.63, 3.8) is 0 Å². The van der Waals surface area contributed by atoms with Gasteiger partial charge in [-0.1, -0.05) is 24.4 Å². The lowest BCUT2D eigenvalue weighted by molar-refractivity contribution is 0.726. The van der Waals surface area contributed by atoms with Crippen LogP contribution in [0.15, 0.2) is 18.2 Å². The molecule has 2 rings (SSSR count). The molecule has 3 heteroatoms. The molecule has 0 radical (unpaired) electrons. The van der Waals surface area contributed by atoms with Crippen LogP contribution in [0.1, 0.15) is 38.2 Å². The third kappa shape index (κ3) is 3.63. The minimum absolute atomic E-state index is 0.175. The SMILES string of the molecule is CC(N)Cc1cc(Cl)ccc1N1CCCCCC1. The van der Waals surface area contributed by atoms with E-state index in [9.17, 15) is 0 Å². The lowest BCUT2D eigenvalue weighted by Crippen LogP contribution is -2.26. The van der Waals surface area contributed by atoms with E-state index in [2.05, 4.69) is 17.0 Å². The molecule has 0 spiro atoms. The normalized spacial score (nSPS) is 18.5. The van der Waals surface area contributed by atoms with Gasteiger partial charge in [-0.3, -0.25) is 0 Å². The maximum absolute atomic E-state index is 6.11. The first-order chi connectivity index (χ1) is 8.66. The summed E-state index contributed by atoms with van der Waals surface area (Å²) in [6.07, 6.45) is 6.19. The van der Waals surface area contributed by atoms with E-state index in [-0.39, 0.29) is 6.04 Å². The topological polar surface area (TPSA) is 29.3 Å². The van der Waals surface area contributed by atoms with E-state index < -0.39 is 0 Å². The van der Waals surface area contributed by atoms with E-state index >= 15 is 0 Å². The molecule has 2 nitrogen and oxygen atoms in total. The Bertz CT molecular complexity index is 382. The quantitative estimate of drug-likeness (QED) is 0.906. The molecule has 18 heavy (non-hydrogen) atoms. The zero-order valence-electron chi connectivity index (χ0n) is 11.2. The molecule has 0 amide bonds. The molecule has 1 aliphatic heterocycles. The van der Waals surface area contributed by atoms with Gasteiger partial charge < -0.3 is 10.6 Å². The number of anilines is 1. The molecule has 0 aromatic heterocycles. The minimum Gasteiger partial charge on any atom is -0.371 e. The monoisotopic (exact) mass is 266 g/mol. The van der Waals surface area contributed by atoms with E-state index in [0.29, 0.717) is 0 Å². The van der Waals surface area contributed by atoms with Gasteiger partial charge in [0.05, 0.1) is 0 Å². The summed E-state index contributed by atoms with van der Waals surface area (Å²) in [5, 5.41) is 0.809. The van der Waals surface area contributed by atoms with Crippen LogP contribution in [-0.4, -0.2) is 19.1 Å². The van der Waals surface area contributed by atoms with Crippen molar-refractivity contribution < 1.29 is 0 Å². The second kappa shape index (κ2) is 6.44. The van der Waals surface area contributed by atoms with Crippen LogP contribution >= 0.6 is 11.6 Å². The molecule has 100 valence electrons. The van der Waals surface area contributed by atoms with Crippen LogP contribution in [0.2, 0.25) is 5.02 Å². The van der Waals surface area contributed by atoms with Gasteiger partial charge in [0, 0.05) is 29.8 Å². The highest BCUT2D eigenvalue weighted by atomic mass is 35.5. The van der Waals surface area contributed by atoms with Crippen molar-refractivity contribution in [2.24, 2.45) is 5.73 Å². The van der Waals surface area contributed by atoms with Crippen LogP contribution in [0.3, 0.4) is 0 Å². The average molecular weight is 267 g/mol. The Morgan fingerprint density at radius 2 is 1.89 bits per heavy atom. The van der Waals surface area contributed by atoms with Gasteiger partial charge in [0.15, 0.2) is 0 Å². The average Bonchev–Trinajstić information content (AvgIpc) is 2.57. The van der Waals surface area contributed by atoms with Gasteiger partial charge in [0.25, 0.3) is 0 Å². The summed E-state index contributed by atoms with van der Waals surface area (Å²) in [6.45, 7) is 4.37. The van der Waals surface area contributed by atoms with Crippen molar-refractivity contribution >= 4 is 17.3 Å². The fourth-order valence-electron chi connectivity index (χ4n) is 2.68. The smallest absolute Gasteiger partial charge is 0.0410 e. The van der Waals surface area contributed by atoms with E-state index in [0.717, 1.165) is 24.5 Å². The highest BCUT2D eigenvalue weighted by molar-refractivity contribution is 6.30. The molecule has 2 N–H and O–H groups in total. The standard InChI is InChI=1S/C15H23ClN2/c1-12(17)10-13-11-14(16)6-7-15(13)18-8-4-2-3-5-9-18/h6-7,11-12H,2-5,8-10,17H2,1H3. The molecular weight excluding hydrogens is 244 g/mol. The molecular formula is C15H23ClN2. The summed E-state index contributed by atoms with van der Waals surface area (Å²) in [5.41, 5.74) is 8.57. The molecule has 0 aliphatic carbocycles. The number of benzene rings is 1. The largest absolute Gasteiger partial charge is 0.371 e. The molecule has 1 aromatic carbocycles. The second-order valence-corrected chi connectivity index (χ2v) is 5.79. The van der Waals surface area contributed by atoms with Crippen LogP contribution in [0.4, 0.5) is 5.69 Å². The van der Waals surface area contributed by atoms with Gasteiger partial charge >= 0.3 is 0 Å². The summed E-state index contributed by atoms with van der Waals surface area (Å²) in [6, 6.07) is 6.40. The van der Waals surface area contributed by atoms with Gasteiger partial charge in [-0.25, -0.2) is 0 Å². The lowest BCUT2D eigenvalue weighted by Gasteiger charge is -2.26. The predicted octanol–water partition coefficient (Wildman–Crippen LogP) is 3.61. The summed E-state index contributed by atoms with van der Waals surface area (Å²) in [4.78, 5) is 2.50. The van der Waals surface area contributed by atoms with E-state index in [4.69, 9.17) is 17.3 Å². The van der Waals surface area contributed by atoms with Gasteiger partial charge in [-0.15, -0.1) is 0 Å². The van der Waals surface area contributed by atoms with Crippen molar-refractivity contribution in [1.82, 2.24) is 0 Å². The lowest BCUT2D eigenvalue weighted by atomic mass is 10.0. The van der Waals surface area contributed by atoms with Gasteiger partial charge in [-0.2, -0.15) is 0 Å². The van der Waals surface area contributed by atoms with Crippen molar-refractivity contribution in [3.05, 3.63) is 28.8 Å². The van der Waals surface area contributed by atoms with Crippen molar-refractivity contribution in [2.45, 2.75) is 45.1 Å². The molecule has 1 heterocycles. The van der Waals surface area contributed by atoms with Gasteiger partial charge in [0.2, 0.25) is 0 Å².